The minimum Gasteiger partial charge on any atom is -0.491 e. The highest BCUT2D eigenvalue weighted by molar-refractivity contribution is 7.99. The van der Waals surface area contributed by atoms with Crippen LogP contribution < -0.4 is 4.74 Å². The van der Waals surface area contributed by atoms with E-state index in [4.69, 9.17) is 9.47 Å². The van der Waals surface area contributed by atoms with E-state index >= 15 is 0 Å². The maximum atomic E-state index is 11.3. The topological polar surface area (TPSA) is 38.7 Å². The third-order valence-electron chi connectivity index (χ3n) is 4.18. The number of benzene rings is 1. The number of aliphatic hydroxyl groups is 1. The Bertz CT molecular complexity index is 447. The van der Waals surface area contributed by atoms with Crippen molar-refractivity contribution in [1.82, 2.24) is 0 Å². The van der Waals surface area contributed by atoms with E-state index in [9.17, 15) is 5.11 Å². The maximum Gasteiger partial charge on any atom is 0.125 e. The molecule has 1 atom stereocenters. The Balaban J connectivity index is 2.30. The largest absolute Gasteiger partial charge is 0.491 e. The second kappa shape index (κ2) is 6.37. The molecule has 0 aliphatic carbocycles. The normalized spacial score (nSPS) is 25.4. The minimum atomic E-state index is -0.848. The molecule has 1 saturated heterocycles. The number of hydrogen-bond donors (Lipinski definition) is 1. The molecule has 0 spiro atoms. The minimum absolute atomic E-state index is 0.154. The summed E-state index contributed by atoms with van der Waals surface area (Å²) in [4.78, 5) is 0. The van der Waals surface area contributed by atoms with Crippen molar-refractivity contribution in [1.29, 1.82) is 0 Å². The molecule has 4 heteroatoms. The zero-order chi connectivity index (χ0) is 14.6. The summed E-state index contributed by atoms with van der Waals surface area (Å²) < 4.78 is 10.8. The van der Waals surface area contributed by atoms with Crippen molar-refractivity contribution in [2.24, 2.45) is 5.41 Å². The Kier molecular flexibility index (Phi) is 4.99. The molecule has 0 radical (unpaired) electrons. The molecule has 0 amide bonds. The highest BCUT2D eigenvalue weighted by Gasteiger charge is 2.48. The second-order valence-corrected chi connectivity index (χ2v) is 6.99. The lowest BCUT2D eigenvalue weighted by Gasteiger charge is -2.46. The van der Waals surface area contributed by atoms with Crippen LogP contribution in [0.1, 0.15) is 25.8 Å². The van der Waals surface area contributed by atoms with E-state index in [0.29, 0.717) is 19.0 Å². The Labute approximate surface area is 125 Å². The van der Waals surface area contributed by atoms with E-state index in [1.54, 1.807) is 18.9 Å². The average molecular weight is 296 g/mol. The summed E-state index contributed by atoms with van der Waals surface area (Å²) in [5.74, 6) is 2.58. The van der Waals surface area contributed by atoms with Gasteiger partial charge in [0, 0.05) is 18.4 Å². The van der Waals surface area contributed by atoms with Gasteiger partial charge in [0.15, 0.2) is 0 Å². The lowest BCUT2D eigenvalue weighted by atomic mass is 9.69. The number of rotatable bonds is 5. The van der Waals surface area contributed by atoms with Crippen LogP contribution in [0.4, 0.5) is 0 Å². The van der Waals surface area contributed by atoms with E-state index in [1.807, 2.05) is 24.3 Å². The molecule has 1 aromatic rings. The van der Waals surface area contributed by atoms with Gasteiger partial charge in [-0.15, -0.1) is 0 Å². The zero-order valence-corrected chi connectivity index (χ0v) is 13.3. The monoisotopic (exact) mass is 296 g/mol. The van der Waals surface area contributed by atoms with Gasteiger partial charge >= 0.3 is 0 Å². The number of hydrogen-bond acceptors (Lipinski definition) is 4. The summed E-state index contributed by atoms with van der Waals surface area (Å²) >= 11 is 1.81. The van der Waals surface area contributed by atoms with Crippen LogP contribution in [0.5, 0.6) is 5.75 Å². The second-order valence-electron chi connectivity index (χ2n) is 5.88. The van der Waals surface area contributed by atoms with Crippen molar-refractivity contribution in [2.75, 3.05) is 31.8 Å². The fourth-order valence-corrected chi connectivity index (χ4v) is 4.20. The summed E-state index contributed by atoms with van der Waals surface area (Å²) in [6, 6.07) is 7.82. The van der Waals surface area contributed by atoms with Crippen molar-refractivity contribution in [2.45, 2.75) is 25.9 Å². The molecular formula is C16H24O3S. The van der Waals surface area contributed by atoms with Crippen LogP contribution in [0.15, 0.2) is 24.3 Å². The number of para-hydroxylation sites is 1. The maximum absolute atomic E-state index is 11.3. The van der Waals surface area contributed by atoms with Crippen LogP contribution in [0.2, 0.25) is 0 Å². The first-order chi connectivity index (χ1) is 9.51. The van der Waals surface area contributed by atoms with Gasteiger partial charge in [0.05, 0.1) is 6.61 Å². The molecule has 1 aliphatic heterocycles. The van der Waals surface area contributed by atoms with Crippen molar-refractivity contribution < 1.29 is 14.6 Å². The first-order valence-corrected chi connectivity index (χ1v) is 8.18. The predicted molar refractivity (Wildman–Crippen MR) is 83.4 cm³/mol. The predicted octanol–water partition coefficient (Wildman–Crippen LogP) is 3.06. The molecule has 2 rings (SSSR count). The first kappa shape index (κ1) is 15.7. The van der Waals surface area contributed by atoms with E-state index in [1.165, 1.54) is 0 Å². The third-order valence-corrected chi connectivity index (χ3v) is 5.29. The number of thioether (sulfide) groups is 1. The van der Waals surface area contributed by atoms with Gasteiger partial charge in [0.2, 0.25) is 0 Å². The average Bonchev–Trinajstić information content (AvgIpc) is 2.43. The quantitative estimate of drug-likeness (QED) is 0.848. The van der Waals surface area contributed by atoms with Gasteiger partial charge in [0.1, 0.15) is 18.0 Å². The lowest BCUT2D eigenvalue weighted by molar-refractivity contribution is -0.0597. The Morgan fingerprint density at radius 3 is 2.70 bits per heavy atom. The number of methoxy groups -OCH3 is 1. The van der Waals surface area contributed by atoms with Gasteiger partial charge in [-0.2, -0.15) is 11.8 Å². The van der Waals surface area contributed by atoms with Crippen molar-refractivity contribution >= 4 is 11.8 Å². The van der Waals surface area contributed by atoms with Crippen LogP contribution >= 0.6 is 11.8 Å². The molecule has 0 aromatic heterocycles. The molecule has 1 aromatic carbocycles. The molecule has 20 heavy (non-hydrogen) atoms. The van der Waals surface area contributed by atoms with Crippen LogP contribution in [-0.2, 0) is 10.3 Å². The van der Waals surface area contributed by atoms with E-state index in [2.05, 4.69) is 13.8 Å². The van der Waals surface area contributed by atoms with Gasteiger partial charge in [0.25, 0.3) is 0 Å². The molecule has 1 heterocycles. The molecule has 1 fully saturated rings. The zero-order valence-electron chi connectivity index (χ0n) is 12.5. The standard InChI is InChI=1S/C16H24O3S/c1-15(2)8-11-20-12-16(15,17)13-6-4-5-7-14(13)19-10-9-18-3/h4-7,17H,8-12H2,1-3H3. The SMILES string of the molecule is COCCOc1ccccc1C1(O)CSCCC1(C)C. The molecule has 1 unspecified atom stereocenters. The lowest BCUT2D eigenvalue weighted by Crippen LogP contribution is -2.47. The van der Waals surface area contributed by atoms with Crippen LogP contribution in [0.3, 0.4) is 0 Å². The molecule has 0 saturated carbocycles. The summed E-state index contributed by atoms with van der Waals surface area (Å²) in [5, 5.41) is 11.3. The Morgan fingerprint density at radius 2 is 2.00 bits per heavy atom. The molecular weight excluding hydrogens is 272 g/mol. The fraction of sp³-hybridized carbons (Fsp3) is 0.625. The smallest absolute Gasteiger partial charge is 0.125 e. The van der Waals surface area contributed by atoms with Gasteiger partial charge in [-0.05, 0) is 23.7 Å². The van der Waals surface area contributed by atoms with Crippen molar-refractivity contribution in [3.63, 3.8) is 0 Å². The Hall–Kier alpha value is -0.710. The summed E-state index contributed by atoms with van der Waals surface area (Å²) in [6.45, 7) is 5.32. The van der Waals surface area contributed by atoms with Crippen LogP contribution in [0, 0.1) is 5.41 Å². The van der Waals surface area contributed by atoms with E-state index < -0.39 is 5.60 Å². The van der Waals surface area contributed by atoms with E-state index in [-0.39, 0.29) is 5.41 Å². The van der Waals surface area contributed by atoms with Crippen LogP contribution in [-0.4, -0.2) is 36.9 Å². The summed E-state index contributed by atoms with van der Waals surface area (Å²) in [7, 11) is 1.66. The van der Waals surface area contributed by atoms with Gasteiger partial charge in [-0.3, -0.25) is 0 Å². The van der Waals surface area contributed by atoms with Gasteiger partial charge in [-0.25, -0.2) is 0 Å². The number of ether oxygens (including phenoxy) is 2. The highest BCUT2D eigenvalue weighted by Crippen LogP contribution is 2.50. The molecule has 112 valence electrons. The highest BCUT2D eigenvalue weighted by atomic mass is 32.2. The van der Waals surface area contributed by atoms with Crippen LogP contribution in [0.25, 0.3) is 0 Å². The molecule has 0 bridgehead atoms. The summed E-state index contributed by atoms with van der Waals surface area (Å²) in [5.41, 5.74) is -0.105. The third kappa shape index (κ3) is 2.97. The molecule has 1 N–H and O–H groups in total. The fourth-order valence-electron chi connectivity index (χ4n) is 2.56. The van der Waals surface area contributed by atoms with Gasteiger partial charge < -0.3 is 14.6 Å². The Morgan fingerprint density at radius 1 is 1.25 bits per heavy atom. The molecule has 1 aliphatic rings. The molecule has 3 nitrogen and oxygen atoms in total. The first-order valence-electron chi connectivity index (χ1n) is 7.03. The van der Waals surface area contributed by atoms with Crippen molar-refractivity contribution in [3.05, 3.63) is 29.8 Å². The summed E-state index contributed by atoms with van der Waals surface area (Å²) in [6.07, 6.45) is 1.00. The van der Waals surface area contributed by atoms with E-state index in [0.717, 1.165) is 23.5 Å². The van der Waals surface area contributed by atoms with Gasteiger partial charge in [-0.1, -0.05) is 32.0 Å². The van der Waals surface area contributed by atoms with Crippen molar-refractivity contribution in [3.8, 4) is 5.75 Å².